The predicted molar refractivity (Wildman–Crippen MR) is 161 cm³/mol. The molecular weight excluding hydrogens is 625 g/mol. The molecule has 10 nitrogen and oxygen atoms in total. The lowest BCUT2D eigenvalue weighted by molar-refractivity contribution is -0.137. The highest BCUT2D eigenvalue weighted by Crippen LogP contribution is 2.33. The molecule has 2 fully saturated rings. The number of halogens is 3. The van der Waals surface area contributed by atoms with E-state index >= 15 is 0 Å². The van der Waals surface area contributed by atoms with Gasteiger partial charge in [0.1, 0.15) is 11.8 Å². The summed E-state index contributed by atoms with van der Waals surface area (Å²) in [6, 6.07) is 9.73. The standard InChI is InChI=1S/C32H35F3N4O6S/c33-32(34,35)23-11-6-10-22(19-23)27-14-15-28(45-27)31(42)38-25(18-21-8-2-1-3-9-21)30(41)37-24-12-7-17-39(20-26(24)40)46(43,44)29-13-4-5-16-36-29/h4-6,10-11,13-16,19,21,24-25H,1-3,7-9,12,17-18,20H2,(H,37,41)(H,38,42)/t24-,25?/m0/s1. The van der Waals surface area contributed by atoms with Crippen molar-refractivity contribution in [1.82, 2.24) is 19.9 Å². The van der Waals surface area contributed by atoms with Crippen LogP contribution in [0.2, 0.25) is 0 Å². The fourth-order valence-electron chi connectivity index (χ4n) is 5.94. The minimum absolute atomic E-state index is 0.0544. The van der Waals surface area contributed by atoms with Crippen molar-refractivity contribution in [3.63, 3.8) is 0 Å². The van der Waals surface area contributed by atoms with E-state index in [9.17, 15) is 36.0 Å². The number of benzene rings is 1. The van der Waals surface area contributed by atoms with Crippen LogP contribution in [-0.4, -0.2) is 60.5 Å². The van der Waals surface area contributed by atoms with Crippen molar-refractivity contribution >= 4 is 27.6 Å². The molecule has 2 atom stereocenters. The van der Waals surface area contributed by atoms with Crippen LogP contribution in [0.1, 0.15) is 67.5 Å². The van der Waals surface area contributed by atoms with Crippen LogP contribution >= 0.6 is 0 Å². The molecule has 1 aliphatic carbocycles. The topological polar surface area (TPSA) is 139 Å². The Hall–Kier alpha value is -4.04. The molecule has 2 aromatic heterocycles. The predicted octanol–water partition coefficient (Wildman–Crippen LogP) is 4.97. The Morgan fingerprint density at radius 1 is 1.00 bits per heavy atom. The zero-order chi connectivity index (χ0) is 32.9. The molecule has 2 amide bonds. The van der Waals surface area contributed by atoms with Crippen molar-refractivity contribution < 1.29 is 40.4 Å². The third-order valence-electron chi connectivity index (χ3n) is 8.40. The summed E-state index contributed by atoms with van der Waals surface area (Å²) in [5.41, 5.74) is -0.724. The van der Waals surface area contributed by atoms with Crippen LogP contribution in [0, 0.1) is 5.92 Å². The number of aromatic nitrogens is 1. The largest absolute Gasteiger partial charge is 0.451 e. The van der Waals surface area contributed by atoms with Gasteiger partial charge in [0.15, 0.2) is 16.6 Å². The number of pyridine rings is 1. The first kappa shape index (κ1) is 33.3. The summed E-state index contributed by atoms with van der Waals surface area (Å²) >= 11 is 0. The molecule has 1 saturated heterocycles. The van der Waals surface area contributed by atoms with E-state index in [4.69, 9.17) is 4.42 Å². The van der Waals surface area contributed by atoms with Gasteiger partial charge in [0.2, 0.25) is 5.91 Å². The van der Waals surface area contributed by atoms with Gasteiger partial charge in [-0.3, -0.25) is 14.4 Å². The second-order valence-electron chi connectivity index (χ2n) is 11.7. The summed E-state index contributed by atoms with van der Waals surface area (Å²) in [6.45, 7) is -0.361. The molecule has 2 aliphatic rings. The van der Waals surface area contributed by atoms with Gasteiger partial charge in [0.05, 0.1) is 18.2 Å². The molecule has 3 aromatic rings. The normalized spacial score (nSPS) is 19.3. The second-order valence-corrected chi connectivity index (χ2v) is 13.6. The SMILES string of the molecule is O=C(NC(CC1CCCCC1)C(=O)N[C@H]1CCCN(S(=O)(=O)c2ccccn2)CC1=O)c1ccc(-c2cccc(C(F)(F)F)c2)o1. The van der Waals surface area contributed by atoms with Crippen molar-refractivity contribution in [1.29, 1.82) is 0 Å². The Labute approximate surface area is 264 Å². The summed E-state index contributed by atoms with van der Waals surface area (Å²) in [5.74, 6) is -1.76. The van der Waals surface area contributed by atoms with Gasteiger partial charge in [-0.15, -0.1) is 0 Å². The van der Waals surface area contributed by atoms with E-state index in [2.05, 4.69) is 15.6 Å². The van der Waals surface area contributed by atoms with Crippen LogP contribution in [0.25, 0.3) is 11.3 Å². The van der Waals surface area contributed by atoms with Gasteiger partial charge in [0.25, 0.3) is 15.9 Å². The van der Waals surface area contributed by atoms with Crippen LogP contribution in [0.3, 0.4) is 0 Å². The van der Waals surface area contributed by atoms with Crippen LogP contribution in [0.15, 0.2) is 70.2 Å². The number of Topliss-reactive ketones (excluding diaryl/α,β-unsaturated/α-hetero) is 1. The van der Waals surface area contributed by atoms with E-state index in [0.29, 0.717) is 12.8 Å². The Bertz CT molecular complexity index is 1660. The highest BCUT2D eigenvalue weighted by atomic mass is 32.2. The van der Waals surface area contributed by atoms with E-state index in [1.807, 2.05) is 0 Å². The zero-order valence-electron chi connectivity index (χ0n) is 25.0. The van der Waals surface area contributed by atoms with E-state index in [1.54, 1.807) is 6.07 Å². The molecule has 1 aliphatic heterocycles. The smallest absolute Gasteiger partial charge is 0.416 e. The second kappa shape index (κ2) is 14.2. The third kappa shape index (κ3) is 8.02. The van der Waals surface area contributed by atoms with Gasteiger partial charge in [-0.05, 0) is 61.6 Å². The Balaban J connectivity index is 1.28. The number of carbonyl (C=O) groups is 3. The number of nitrogens with zero attached hydrogens (tertiary/aromatic N) is 2. The van der Waals surface area contributed by atoms with E-state index in [0.717, 1.165) is 48.5 Å². The summed E-state index contributed by atoms with van der Waals surface area (Å²) in [5, 5.41) is 5.27. The zero-order valence-corrected chi connectivity index (χ0v) is 25.8. The minimum Gasteiger partial charge on any atom is -0.451 e. The Morgan fingerprint density at radius 3 is 2.50 bits per heavy atom. The molecular formula is C32H35F3N4O6S. The molecule has 14 heteroatoms. The summed E-state index contributed by atoms with van der Waals surface area (Å²) in [6.07, 6.45) is 2.47. The van der Waals surface area contributed by atoms with Gasteiger partial charge in [-0.2, -0.15) is 17.5 Å². The van der Waals surface area contributed by atoms with E-state index in [-0.39, 0.29) is 41.0 Å². The summed E-state index contributed by atoms with van der Waals surface area (Å²) in [4.78, 5) is 44.0. The van der Waals surface area contributed by atoms with Gasteiger partial charge in [-0.1, -0.05) is 50.3 Å². The number of carbonyl (C=O) groups excluding carboxylic acids is 3. The average molecular weight is 661 g/mol. The van der Waals surface area contributed by atoms with Crippen molar-refractivity contribution in [3.05, 3.63) is 72.1 Å². The maximum Gasteiger partial charge on any atom is 0.416 e. The first-order chi connectivity index (χ1) is 21.9. The Kier molecular flexibility index (Phi) is 10.3. The van der Waals surface area contributed by atoms with Crippen LogP contribution in [0.5, 0.6) is 0 Å². The lowest BCUT2D eigenvalue weighted by atomic mass is 9.84. The number of alkyl halides is 3. The number of sulfonamides is 1. The van der Waals surface area contributed by atoms with Gasteiger partial charge in [0, 0.05) is 18.3 Å². The first-order valence-electron chi connectivity index (χ1n) is 15.2. The van der Waals surface area contributed by atoms with Crippen molar-refractivity contribution in [3.8, 4) is 11.3 Å². The fraction of sp³-hybridized carbons (Fsp3) is 0.438. The third-order valence-corrected chi connectivity index (χ3v) is 10.2. The quantitative estimate of drug-likeness (QED) is 0.331. The molecule has 1 aromatic carbocycles. The van der Waals surface area contributed by atoms with E-state index < -0.39 is 58.0 Å². The highest BCUT2D eigenvalue weighted by Gasteiger charge is 2.36. The number of hydrogen-bond donors (Lipinski definition) is 2. The summed E-state index contributed by atoms with van der Waals surface area (Å²) < 4.78 is 72.4. The number of furan rings is 1. The fourth-order valence-corrected chi connectivity index (χ4v) is 7.31. The van der Waals surface area contributed by atoms with Crippen molar-refractivity contribution in [2.75, 3.05) is 13.1 Å². The molecule has 0 bridgehead atoms. The van der Waals surface area contributed by atoms with E-state index in [1.165, 1.54) is 42.6 Å². The molecule has 46 heavy (non-hydrogen) atoms. The average Bonchev–Trinajstić information content (AvgIpc) is 3.47. The molecule has 246 valence electrons. The number of rotatable bonds is 9. The maximum absolute atomic E-state index is 13.6. The molecule has 5 rings (SSSR count). The number of hydrogen-bond acceptors (Lipinski definition) is 7. The lowest BCUT2D eigenvalue weighted by Gasteiger charge is -2.27. The number of nitrogens with one attached hydrogen (secondary N) is 2. The van der Waals surface area contributed by atoms with Gasteiger partial charge < -0.3 is 15.1 Å². The van der Waals surface area contributed by atoms with Gasteiger partial charge >= 0.3 is 6.18 Å². The monoisotopic (exact) mass is 660 g/mol. The molecule has 1 unspecified atom stereocenters. The minimum atomic E-state index is -4.55. The molecule has 0 spiro atoms. The Morgan fingerprint density at radius 2 is 1.78 bits per heavy atom. The molecule has 2 N–H and O–H groups in total. The first-order valence-corrected chi connectivity index (χ1v) is 16.7. The highest BCUT2D eigenvalue weighted by molar-refractivity contribution is 7.89. The van der Waals surface area contributed by atoms with Crippen LogP contribution in [0.4, 0.5) is 13.2 Å². The summed E-state index contributed by atoms with van der Waals surface area (Å²) in [7, 11) is -4.01. The maximum atomic E-state index is 13.6. The molecule has 1 saturated carbocycles. The lowest BCUT2D eigenvalue weighted by Crippen LogP contribution is -2.53. The van der Waals surface area contributed by atoms with Crippen LogP contribution in [-0.2, 0) is 25.8 Å². The van der Waals surface area contributed by atoms with Crippen molar-refractivity contribution in [2.24, 2.45) is 5.92 Å². The number of ketones is 1. The van der Waals surface area contributed by atoms with Crippen molar-refractivity contribution in [2.45, 2.75) is 74.7 Å². The van der Waals surface area contributed by atoms with Crippen LogP contribution < -0.4 is 10.6 Å². The molecule has 0 radical (unpaired) electrons. The molecule has 3 heterocycles. The number of amides is 2. The van der Waals surface area contributed by atoms with Gasteiger partial charge in [-0.25, -0.2) is 13.4 Å².